The number of nitrogens with two attached hydrogens (primary N) is 1. The summed E-state index contributed by atoms with van der Waals surface area (Å²) in [7, 11) is -3.76. The number of aliphatic hydroxyl groups is 1. The Bertz CT molecular complexity index is 1310. The molecule has 10 nitrogen and oxygen atoms in total. The molecular formula is C23H26N6O4S. The molecule has 34 heavy (non-hydrogen) atoms. The lowest BCUT2D eigenvalue weighted by Gasteiger charge is -2.23. The summed E-state index contributed by atoms with van der Waals surface area (Å²) in [5.41, 5.74) is 6.74. The number of urea groups is 1. The quantitative estimate of drug-likeness (QED) is 0.399. The van der Waals surface area contributed by atoms with Gasteiger partial charge in [-0.2, -0.15) is 0 Å². The molecule has 1 aliphatic carbocycles. The molecule has 0 atom stereocenters. The van der Waals surface area contributed by atoms with Crippen LogP contribution in [0.3, 0.4) is 0 Å². The third kappa shape index (κ3) is 4.57. The molecule has 1 aliphatic rings. The average molecular weight is 483 g/mol. The minimum atomic E-state index is -3.76. The second kappa shape index (κ2) is 8.65. The van der Waals surface area contributed by atoms with E-state index in [-0.39, 0.29) is 23.3 Å². The lowest BCUT2D eigenvalue weighted by Crippen LogP contribution is -2.48. The molecule has 2 amide bonds. The maximum absolute atomic E-state index is 13.3. The largest absolute Gasteiger partial charge is 0.394 e. The number of nitrogen functional groups attached to an aromatic ring is 1. The van der Waals surface area contributed by atoms with E-state index in [9.17, 15) is 18.3 Å². The molecule has 0 saturated heterocycles. The number of amides is 2. The predicted octanol–water partition coefficient (Wildman–Crippen LogP) is 2.48. The summed E-state index contributed by atoms with van der Waals surface area (Å²) in [5, 5.41) is 14.6. The zero-order chi connectivity index (χ0) is 24.6. The van der Waals surface area contributed by atoms with Crippen molar-refractivity contribution >= 4 is 27.4 Å². The number of nitrogens with zero attached hydrogens (tertiary/aromatic N) is 3. The number of benzene rings is 1. The highest BCUT2D eigenvalue weighted by molar-refractivity contribution is 7.92. The van der Waals surface area contributed by atoms with E-state index in [0.29, 0.717) is 29.8 Å². The smallest absolute Gasteiger partial charge is 0.319 e. The molecule has 0 radical (unpaired) electrons. The van der Waals surface area contributed by atoms with Crippen LogP contribution in [-0.4, -0.2) is 46.7 Å². The van der Waals surface area contributed by atoms with Crippen LogP contribution in [0.1, 0.15) is 32.4 Å². The normalized spacial score (nSPS) is 14.9. The minimum Gasteiger partial charge on any atom is -0.394 e. The van der Waals surface area contributed by atoms with Crippen LogP contribution in [0.5, 0.6) is 0 Å². The highest BCUT2D eigenvalue weighted by Crippen LogP contribution is 2.54. The van der Waals surface area contributed by atoms with E-state index >= 15 is 0 Å². The van der Waals surface area contributed by atoms with Gasteiger partial charge in [0.25, 0.3) is 0 Å². The summed E-state index contributed by atoms with van der Waals surface area (Å²) < 4.78 is 25.5. The molecular weight excluding hydrogens is 456 g/mol. The Labute approximate surface area is 197 Å². The Morgan fingerprint density at radius 2 is 1.85 bits per heavy atom. The molecule has 0 spiro atoms. The Kier molecular flexibility index (Phi) is 6.00. The van der Waals surface area contributed by atoms with Gasteiger partial charge in [0.2, 0.25) is 9.84 Å². The first-order valence-electron chi connectivity index (χ1n) is 10.7. The summed E-state index contributed by atoms with van der Waals surface area (Å²) in [4.78, 5) is 25.0. The third-order valence-corrected chi connectivity index (χ3v) is 8.03. The van der Waals surface area contributed by atoms with Gasteiger partial charge in [-0.15, -0.1) is 0 Å². The first-order valence-corrected chi connectivity index (χ1v) is 12.2. The molecule has 0 aliphatic heterocycles. The number of aliphatic hydroxyl groups excluding tert-OH is 1. The van der Waals surface area contributed by atoms with Crippen LogP contribution < -0.4 is 16.4 Å². The highest BCUT2D eigenvalue weighted by atomic mass is 32.2. The Hall–Kier alpha value is -3.57. The van der Waals surface area contributed by atoms with Crippen molar-refractivity contribution in [1.82, 2.24) is 20.3 Å². The van der Waals surface area contributed by atoms with Crippen molar-refractivity contribution in [3.63, 3.8) is 0 Å². The van der Waals surface area contributed by atoms with Crippen LogP contribution >= 0.6 is 0 Å². The van der Waals surface area contributed by atoms with E-state index in [1.54, 1.807) is 50.2 Å². The van der Waals surface area contributed by atoms with Gasteiger partial charge in [-0.3, -0.25) is 0 Å². The van der Waals surface area contributed by atoms with E-state index in [4.69, 9.17) is 5.73 Å². The fraction of sp³-hybridized carbons (Fsp3) is 0.304. The van der Waals surface area contributed by atoms with Gasteiger partial charge >= 0.3 is 6.03 Å². The maximum Gasteiger partial charge on any atom is 0.319 e. The van der Waals surface area contributed by atoms with Gasteiger partial charge in [0.15, 0.2) is 10.9 Å². The molecule has 2 heterocycles. The molecule has 11 heteroatoms. The Morgan fingerprint density at radius 1 is 1.15 bits per heavy atom. The zero-order valence-corrected chi connectivity index (χ0v) is 19.6. The molecule has 1 aromatic carbocycles. The predicted molar refractivity (Wildman–Crippen MR) is 128 cm³/mol. The van der Waals surface area contributed by atoms with Gasteiger partial charge < -0.3 is 21.5 Å². The SMILES string of the molecule is CC(C)(CO)NC(=O)Nc1ccc(-c2nc(N)cc(C3(S(=O)(=O)c4ccccn4)CC3)n2)cc1. The number of hydrogen-bond acceptors (Lipinski definition) is 8. The fourth-order valence-electron chi connectivity index (χ4n) is 3.52. The van der Waals surface area contributed by atoms with Crippen molar-refractivity contribution in [2.75, 3.05) is 17.7 Å². The standard InChI is InChI=1S/C23H26N6O4S/c1-22(2,14-30)29-21(31)26-16-8-6-15(7-9-16)20-27-17(13-18(24)28-20)23(10-11-23)34(32,33)19-5-3-4-12-25-19/h3-9,12-13,30H,10-11,14H2,1-2H3,(H2,24,27,28)(H2,26,29,31). The van der Waals surface area contributed by atoms with Crippen molar-refractivity contribution in [3.8, 4) is 11.4 Å². The van der Waals surface area contributed by atoms with Gasteiger partial charge in [-0.1, -0.05) is 6.07 Å². The number of sulfone groups is 1. The summed E-state index contributed by atoms with van der Waals surface area (Å²) >= 11 is 0. The molecule has 178 valence electrons. The number of rotatable bonds is 7. The number of nitrogens with one attached hydrogen (secondary N) is 2. The monoisotopic (exact) mass is 482 g/mol. The molecule has 1 saturated carbocycles. The second-order valence-corrected chi connectivity index (χ2v) is 11.1. The van der Waals surface area contributed by atoms with Crippen molar-refractivity contribution in [2.45, 2.75) is 42.0 Å². The highest BCUT2D eigenvalue weighted by Gasteiger charge is 2.58. The van der Waals surface area contributed by atoms with Crippen LogP contribution in [0.25, 0.3) is 11.4 Å². The van der Waals surface area contributed by atoms with Gasteiger partial charge in [-0.25, -0.2) is 28.2 Å². The van der Waals surface area contributed by atoms with Crippen molar-refractivity contribution in [2.24, 2.45) is 0 Å². The van der Waals surface area contributed by atoms with Gasteiger partial charge in [0, 0.05) is 23.5 Å². The summed E-state index contributed by atoms with van der Waals surface area (Å²) in [5.74, 6) is 0.449. The molecule has 2 aromatic heterocycles. The third-order valence-electron chi connectivity index (χ3n) is 5.59. The Morgan fingerprint density at radius 3 is 2.44 bits per heavy atom. The van der Waals surface area contributed by atoms with E-state index in [1.165, 1.54) is 18.3 Å². The molecule has 4 rings (SSSR count). The number of carbonyl (C=O) groups excluding carboxylic acids is 1. The second-order valence-electron chi connectivity index (χ2n) is 8.87. The van der Waals surface area contributed by atoms with Crippen LogP contribution in [0, 0.1) is 0 Å². The van der Waals surface area contributed by atoms with E-state index in [0.717, 1.165) is 0 Å². The number of carbonyl (C=O) groups is 1. The van der Waals surface area contributed by atoms with E-state index in [1.807, 2.05) is 0 Å². The topological polar surface area (TPSA) is 160 Å². The van der Waals surface area contributed by atoms with Crippen molar-refractivity contribution in [1.29, 1.82) is 0 Å². The first-order chi connectivity index (χ1) is 16.1. The summed E-state index contributed by atoms with van der Waals surface area (Å²) in [6, 6.07) is 12.6. The zero-order valence-electron chi connectivity index (χ0n) is 18.8. The van der Waals surface area contributed by atoms with E-state index < -0.39 is 26.2 Å². The van der Waals surface area contributed by atoms with Crippen molar-refractivity contribution in [3.05, 3.63) is 60.4 Å². The Balaban J connectivity index is 1.59. The van der Waals surface area contributed by atoms with Gasteiger partial charge in [0.1, 0.15) is 10.6 Å². The molecule has 0 unspecified atom stereocenters. The summed E-state index contributed by atoms with van der Waals surface area (Å²) in [6.45, 7) is 3.20. The van der Waals surface area contributed by atoms with Crippen LogP contribution in [0.4, 0.5) is 16.3 Å². The molecule has 1 fully saturated rings. The van der Waals surface area contributed by atoms with Crippen LogP contribution in [-0.2, 0) is 14.6 Å². The first kappa shape index (κ1) is 23.6. The number of aromatic nitrogens is 3. The fourth-order valence-corrected chi connectivity index (χ4v) is 5.40. The lowest BCUT2D eigenvalue weighted by atomic mass is 10.1. The number of pyridine rings is 1. The average Bonchev–Trinajstić information content (AvgIpc) is 3.62. The molecule has 5 N–H and O–H groups in total. The molecule has 0 bridgehead atoms. The number of hydrogen-bond donors (Lipinski definition) is 4. The van der Waals surface area contributed by atoms with Gasteiger partial charge in [0.05, 0.1) is 17.8 Å². The minimum absolute atomic E-state index is 0.00399. The maximum atomic E-state index is 13.3. The molecule has 3 aromatic rings. The van der Waals surface area contributed by atoms with Crippen molar-refractivity contribution < 1.29 is 18.3 Å². The summed E-state index contributed by atoms with van der Waals surface area (Å²) in [6.07, 6.45) is 2.29. The van der Waals surface area contributed by atoms with Crippen LogP contribution in [0.2, 0.25) is 0 Å². The van der Waals surface area contributed by atoms with Crippen LogP contribution in [0.15, 0.2) is 59.8 Å². The van der Waals surface area contributed by atoms with Gasteiger partial charge in [-0.05, 0) is 63.1 Å². The number of anilines is 2. The lowest BCUT2D eigenvalue weighted by molar-refractivity contribution is 0.187. The van der Waals surface area contributed by atoms with E-state index in [2.05, 4.69) is 25.6 Å².